The fourth-order valence-electron chi connectivity index (χ4n) is 0.726. The van der Waals surface area contributed by atoms with Crippen LogP contribution in [0.2, 0.25) is 0 Å². The lowest BCUT2D eigenvalue weighted by molar-refractivity contribution is 1.36. The van der Waals surface area contributed by atoms with Gasteiger partial charge in [-0.3, -0.25) is 0 Å². The molecule has 0 amide bonds. The van der Waals surface area contributed by atoms with Crippen LogP contribution in [0.25, 0.3) is 0 Å². The molecule has 0 saturated carbocycles. The summed E-state index contributed by atoms with van der Waals surface area (Å²) in [6.45, 7) is 0. The van der Waals surface area contributed by atoms with E-state index < -0.39 is 0 Å². The van der Waals surface area contributed by atoms with Gasteiger partial charge in [0.2, 0.25) is 0 Å². The highest BCUT2D eigenvalue weighted by Crippen LogP contribution is 2.30. The lowest BCUT2D eigenvalue weighted by Gasteiger charge is -2.02. The van der Waals surface area contributed by atoms with E-state index in [1.165, 1.54) is 0 Å². The van der Waals surface area contributed by atoms with Crippen LogP contribution in [0, 0.1) is 17.4 Å². The third kappa shape index (κ3) is 2.05. The molecule has 3 heteroatoms. The molecule has 1 nitrogen and oxygen atoms in total. The van der Waals surface area contributed by atoms with E-state index in [0.29, 0.717) is 5.56 Å². The molecule has 0 atom stereocenters. The molecule has 0 aliphatic heterocycles. The summed E-state index contributed by atoms with van der Waals surface area (Å²) < 4.78 is 0.0297. The molecule has 0 saturated heterocycles. The summed E-state index contributed by atoms with van der Waals surface area (Å²) in [5.41, 5.74) is 1.58. The Kier molecular flexibility index (Phi) is 3.10. The largest absolute Gasteiger partial charge is 0.192 e. The van der Waals surface area contributed by atoms with Gasteiger partial charge in [-0.05, 0) is 23.8 Å². The number of hydrogen-bond donors (Lipinski definition) is 0. The second-order valence-electron chi connectivity index (χ2n) is 1.93. The number of rotatable bonds is 1. The van der Waals surface area contributed by atoms with Crippen LogP contribution in [-0.4, -0.2) is 0 Å². The van der Waals surface area contributed by atoms with Gasteiger partial charge in [0.1, 0.15) is 0 Å². The molecule has 0 spiro atoms. The number of nitriles is 1. The molecule has 1 rings (SSSR count). The van der Waals surface area contributed by atoms with Crippen LogP contribution < -0.4 is 0 Å². The normalized spacial score (nSPS) is 9.64. The monoisotopic (exact) mass is 272 g/mol. The Hall–Kier alpha value is -0.330. The van der Waals surface area contributed by atoms with Crippen LogP contribution in [-0.2, 0) is 0 Å². The molecule has 0 aliphatic rings. The second kappa shape index (κ2) is 3.89. The van der Waals surface area contributed by atoms with E-state index in [0.717, 1.165) is 5.56 Å². The van der Waals surface area contributed by atoms with Crippen molar-refractivity contribution < 1.29 is 0 Å². The quantitative estimate of drug-likeness (QED) is 0.721. The third-order valence-electron chi connectivity index (χ3n) is 1.25. The van der Waals surface area contributed by atoms with Crippen molar-refractivity contribution in [3.8, 4) is 6.07 Å². The van der Waals surface area contributed by atoms with Gasteiger partial charge in [0.15, 0.2) is 0 Å². The van der Waals surface area contributed by atoms with Gasteiger partial charge in [-0.1, -0.05) is 37.9 Å². The lowest BCUT2D eigenvalue weighted by atomic mass is 10.1. The fraction of sp³-hybridized carbons (Fsp3) is 0.125. The maximum Gasteiger partial charge on any atom is 0.0995 e. The number of benzene rings is 1. The van der Waals surface area contributed by atoms with Crippen molar-refractivity contribution in [1.82, 2.24) is 0 Å². The van der Waals surface area contributed by atoms with Crippen molar-refractivity contribution in [3.05, 3.63) is 35.4 Å². The van der Waals surface area contributed by atoms with E-state index in [1.807, 2.05) is 0 Å². The molecule has 1 aromatic carbocycles. The Morgan fingerprint density at radius 3 is 2.73 bits per heavy atom. The van der Waals surface area contributed by atoms with E-state index >= 15 is 0 Å². The van der Waals surface area contributed by atoms with Gasteiger partial charge >= 0.3 is 0 Å². The Bertz CT molecular complexity index is 288. The summed E-state index contributed by atoms with van der Waals surface area (Å²) in [4.78, 5) is 0. The highest BCUT2D eigenvalue weighted by Gasteiger charge is 2.06. The number of alkyl halides is 2. The topological polar surface area (TPSA) is 23.8 Å². The molecule has 1 aromatic rings. The van der Waals surface area contributed by atoms with Gasteiger partial charge in [-0.15, -0.1) is 0 Å². The average molecular weight is 274 g/mol. The molecular weight excluding hydrogens is 270 g/mol. The molecule has 0 fully saturated rings. The minimum atomic E-state index is 0.0297. The molecule has 0 unspecified atom stereocenters. The van der Waals surface area contributed by atoms with Crippen molar-refractivity contribution in [3.63, 3.8) is 0 Å². The van der Waals surface area contributed by atoms with Gasteiger partial charge in [0.05, 0.1) is 15.4 Å². The minimum absolute atomic E-state index is 0.0297. The van der Waals surface area contributed by atoms with Crippen LogP contribution in [0.15, 0.2) is 18.2 Å². The van der Waals surface area contributed by atoms with Crippen LogP contribution in [0.5, 0.6) is 0 Å². The average Bonchev–Trinajstić information content (AvgIpc) is 2.04. The standard InChI is InChI=1S/C8H4Br2N/c9-8(10)7-4-2-1-3-6(7)5-11/h1,3-4,8H. The summed E-state index contributed by atoms with van der Waals surface area (Å²) in [5.74, 6) is 0. The first kappa shape index (κ1) is 8.76. The molecule has 11 heavy (non-hydrogen) atoms. The third-order valence-corrected chi connectivity index (χ3v) is 2.24. The van der Waals surface area contributed by atoms with Crippen molar-refractivity contribution in [2.24, 2.45) is 0 Å². The van der Waals surface area contributed by atoms with Crippen LogP contribution in [0.4, 0.5) is 0 Å². The van der Waals surface area contributed by atoms with Gasteiger partial charge in [0, 0.05) is 0 Å². The predicted octanol–water partition coefficient (Wildman–Crippen LogP) is 3.15. The maximum atomic E-state index is 8.66. The Morgan fingerprint density at radius 2 is 2.27 bits per heavy atom. The molecule has 0 aromatic heterocycles. The van der Waals surface area contributed by atoms with E-state index in [2.05, 4.69) is 44.0 Å². The molecule has 1 radical (unpaired) electrons. The van der Waals surface area contributed by atoms with E-state index in [4.69, 9.17) is 5.26 Å². The van der Waals surface area contributed by atoms with Crippen LogP contribution >= 0.6 is 31.9 Å². The highest BCUT2D eigenvalue weighted by atomic mass is 79.9. The van der Waals surface area contributed by atoms with Crippen LogP contribution in [0.3, 0.4) is 0 Å². The molecular formula is C8H4Br2N. The Morgan fingerprint density at radius 1 is 1.55 bits per heavy atom. The van der Waals surface area contributed by atoms with Gasteiger partial charge in [-0.2, -0.15) is 5.26 Å². The van der Waals surface area contributed by atoms with Crippen molar-refractivity contribution in [1.29, 1.82) is 5.26 Å². The summed E-state index contributed by atoms with van der Waals surface area (Å²) in [6.07, 6.45) is 0. The molecule has 0 N–H and O–H groups in total. The van der Waals surface area contributed by atoms with E-state index in [9.17, 15) is 0 Å². The van der Waals surface area contributed by atoms with E-state index in [-0.39, 0.29) is 3.74 Å². The van der Waals surface area contributed by atoms with E-state index in [1.54, 1.807) is 18.2 Å². The molecule has 0 heterocycles. The highest BCUT2D eigenvalue weighted by molar-refractivity contribution is 9.24. The first-order valence-electron chi connectivity index (χ1n) is 2.94. The first-order chi connectivity index (χ1) is 5.25. The molecule has 55 valence electrons. The predicted molar refractivity (Wildman–Crippen MR) is 50.6 cm³/mol. The van der Waals surface area contributed by atoms with Crippen molar-refractivity contribution >= 4 is 31.9 Å². The summed E-state index contributed by atoms with van der Waals surface area (Å²) in [7, 11) is 0. The van der Waals surface area contributed by atoms with Gasteiger partial charge in [-0.25, -0.2) is 0 Å². The fourth-order valence-corrected chi connectivity index (χ4v) is 1.48. The second-order valence-corrected chi connectivity index (χ2v) is 4.99. The maximum absolute atomic E-state index is 8.66. The lowest BCUT2D eigenvalue weighted by Crippen LogP contribution is -1.85. The minimum Gasteiger partial charge on any atom is -0.192 e. The van der Waals surface area contributed by atoms with Crippen molar-refractivity contribution in [2.75, 3.05) is 0 Å². The zero-order valence-electron chi connectivity index (χ0n) is 5.51. The van der Waals surface area contributed by atoms with Crippen LogP contribution in [0.1, 0.15) is 14.9 Å². The summed E-state index contributed by atoms with van der Waals surface area (Å²) in [6, 6.07) is 10.3. The zero-order valence-corrected chi connectivity index (χ0v) is 8.68. The number of halogens is 2. The SMILES string of the molecule is N#Cc1cc[c]cc1C(Br)Br. The van der Waals surface area contributed by atoms with Gasteiger partial charge in [0.25, 0.3) is 0 Å². The number of hydrogen-bond acceptors (Lipinski definition) is 1. The summed E-state index contributed by atoms with van der Waals surface area (Å²) in [5, 5.41) is 8.66. The Balaban J connectivity index is 3.15. The Labute approximate surface area is 82.3 Å². The zero-order chi connectivity index (χ0) is 8.27. The first-order valence-corrected chi connectivity index (χ1v) is 4.77. The van der Waals surface area contributed by atoms with Crippen molar-refractivity contribution in [2.45, 2.75) is 3.74 Å². The van der Waals surface area contributed by atoms with Gasteiger partial charge < -0.3 is 0 Å². The molecule has 0 bridgehead atoms. The smallest absolute Gasteiger partial charge is 0.0995 e. The number of nitrogens with zero attached hydrogens (tertiary/aromatic N) is 1. The summed E-state index contributed by atoms with van der Waals surface area (Å²) >= 11 is 6.64. The molecule has 0 aliphatic carbocycles.